The molecule has 0 amide bonds. The van der Waals surface area contributed by atoms with Crippen LogP contribution >= 0.6 is 11.3 Å². The molecular weight excluding hydrogens is 286 g/mol. The number of hydrogen-bond donors (Lipinski definition) is 2. The maximum atomic E-state index is 12.3. The first-order chi connectivity index (χ1) is 10.3. The van der Waals surface area contributed by atoms with Gasteiger partial charge in [0.2, 0.25) is 0 Å². The van der Waals surface area contributed by atoms with Gasteiger partial charge in [0.1, 0.15) is 17.9 Å². The van der Waals surface area contributed by atoms with Gasteiger partial charge >= 0.3 is 0 Å². The summed E-state index contributed by atoms with van der Waals surface area (Å²) in [5.41, 5.74) is 1.25. The fourth-order valence-corrected chi connectivity index (χ4v) is 4.20. The van der Waals surface area contributed by atoms with Crippen molar-refractivity contribution in [1.29, 1.82) is 0 Å². The lowest BCUT2D eigenvalue weighted by Gasteiger charge is -2.00. The van der Waals surface area contributed by atoms with Crippen LogP contribution in [-0.2, 0) is 25.9 Å². The topological polar surface area (TPSA) is 75.5 Å². The van der Waals surface area contributed by atoms with Gasteiger partial charge in [-0.05, 0) is 37.0 Å². The molecule has 0 saturated heterocycles. The van der Waals surface area contributed by atoms with Crippen molar-refractivity contribution < 1.29 is 9.73 Å². The molecule has 21 heavy (non-hydrogen) atoms. The van der Waals surface area contributed by atoms with Crippen LogP contribution in [0.25, 0.3) is 10.2 Å². The van der Waals surface area contributed by atoms with Crippen LogP contribution in [0.5, 0.6) is 0 Å². The summed E-state index contributed by atoms with van der Waals surface area (Å²) in [6.07, 6.45) is 4.94. The Hall–Kier alpha value is -1.92. The van der Waals surface area contributed by atoms with Crippen LogP contribution in [0.4, 0.5) is 0 Å². The number of fused-ring (bicyclic) bond motifs is 3. The van der Waals surface area contributed by atoms with Gasteiger partial charge in [-0.15, -0.1) is 11.3 Å². The standard InChI is InChI=1S/C15H15N3O2S/c19-14-13-10-4-1-5-11(10)21-15(13)18-12(17-14)8-16-7-9-3-2-6-20-9/h2-3,6,16H,1,4-5,7-8H2,(H,17,18,19)/p+1. The van der Waals surface area contributed by atoms with E-state index in [0.29, 0.717) is 6.54 Å². The van der Waals surface area contributed by atoms with Crippen LogP contribution in [0.15, 0.2) is 27.6 Å². The van der Waals surface area contributed by atoms with Gasteiger partial charge in [-0.25, -0.2) is 4.98 Å². The third kappa shape index (κ3) is 2.30. The molecule has 5 nitrogen and oxygen atoms in total. The highest BCUT2D eigenvalue weighted by Gasteiger charge is 2.21. The van der Waals surface area contributed by atoms with Crippen molar-refractivity contribution in [2.75, 3.05) is 0 Å². The average molecular weight is 302 g/mol. The van der Waals surface area contributed by atoms with E-state index in [1.165, 1.54) is 10.4 Å². The number of H-pyrrole nitrogens is 1. The summed E-state index contributed by atoms with van der Waals surface area (Å²) in [6.45, 7) is 1.39. The van der Waals surface area contributed by atoms with Gasteiger partial charge < -0.3 is 14.7 Å². The Labute approximate surface area is 125 Å². The van der Waals surface area contributed by atoms with Gasteiger partial charge in [0.05, 0.1) is 11.6 Å². The van der Waals surface area contributed by atoms with Gasteiger partial charge in [0.25, 0.3) is 5.56 Å². The van der Waals surface area contributed by atoms with Gasteiger partial charge in [0, 0.05) is 4.88 Å². The number of nitrogens with two attached hydrogens (primary N) is 1. The number of thiophene rings is 1. The molecule has 0 unspecified atom stereocenters. The number of quaternary nitrogens is 1. The molecule has 3 aromatic rings. The third-order valence-electron chi connectivity index (χ3n) is 3.89. The molecule has 0 bridgehead atoms. The first-order valence-corrected chi connectivity index (χ1v) is 8.00. The van der Waals surface area contributed by atoms with E-state index in [-0.39, 0.29) is 5.56 Å². The molecule has 108 valence electrons. The molecule has 0 atom stereocenters. The van der Waals surface area contributed by atoms with Crippen molar-refractivity contribution in [3.63, 3.8) is 0 Å². The van der Waals surface area contributed by atoms with Gasteiger partial charge in [-0.1, -0.05) is 0 Å². The summed E-state index contributed by atoms with van der Waals surface area (Å²) < 4.78 is 5.29. The summed E-state index contributed by atoms with van der Waals surface area (Å²) >= 11 is 1.68. The summed E-state index contributed by atoms with van der Waals surface area (Å²) in [5, 5.41) is 2.90. The highest BCUT2D eigenvalue weighted by Crippen LogP contribution is 2.34. The molecule has 3 heterocycles. The minimum Gasteiger partial charge on any atom is -0.463 e. The zero-order valence-corrected chi connectivity index (χ0v) is 12.3. The van der Waals surface area contributed by atoms with Crippen molar-refractivity contribution in [2.24, 2.45) is 0 Å². The number of nitrogens with zero attached hydrogens (tertiary/aromatic N) is 1. The maximum absolute atomic E-state index is 12.3. The number of aromatic amines is 1. The van der Waals surface area contributed by atoms with Crippen molar-refractivity contribution in [2.45, 2.75) is 32.4 Å². The maximum Gasteiger partial charge on any atom is 0.260 e. The first kappa shape index (κ1) is 12.8. The Bertz CT molecular complexity index is 833. The second kappa shape index (κ2) is 5.13. The van der Waals surface area contributed by atoms with Crippen LogP contribution in [0, 0.1) is 0 Å². The molecule has 0 aliphatic heterocycles. The number of furan rings is 1. The van der Waals surface area contributed by atoms with Crippen LogP contribution in [0.1, 0.15) is 28.4 Å². The van der Waals surface area contributed by atoms with Gasteiger partial charge in [-0.3, -0.25) is 4.79 Å². The van der Waals surface area contributed by atoms with E-state index in [2.05, 4.69) is 15.3 Å². The van der Waals surface area contributed by atoms with E-state index in [4.69, 9.17) is 4.42 Å². The number of nitrogens with one attached hydrogen (secondary N) is 1. The predicted octanol–water partition coefficient (Wildman–Crippen LogP) is 1.33. The normalized spacial score (nSPS) is 13.9. The minimum atomic E-state index is 0.0146. The molecule has 0 spiro atoms. The molecule has 0 saturated carbocycles. The SMILES string of the molecule is O=c1[nH]c(C[NH2+]Cc2ccco2)nc2sc3c(c12)CCC3. The van der Waals surface area contributed by atoms with Crippen LogP contribution in [-0.4, -0.2) is 9.97 Å². The first-order valence-electron chi connectivity index (χ1n) is 7.19. The average Bonchev–Trinajstić information content (AvgIpc) is 3.13. The molecule has 0 radical (unpaired) electrons. The lowest BCUT2D eigenvalue weighted by molar-refractivity contribution is -0.688. The lowest BCUT2D eigenvalue weighted by Crippen LogP contribution is -2.81. The van der Waals surface area contributed by atoms with Crippen LogP contribution < -0.4 is 10.9 Å². The van der Waals surface area contributed by atoms with Crippen molar-refractivity contribution >= 4 is 21.6 Å². The highest BCUT2D eigenvalue weighted by atomic mass is 32.1. The largest absolute Gasteiger partial charge is 0.463 e. The highest BCUT2D eigenvalue weighted by molar-refractivity contribution is 7.18. The molecule has 4 rings (SSSR count). The Morgan fingerprint density at radius 1 is 1.38 bits per heavy atom. The van der Waals surface area contributed by atoms with Crippen LogP contribution in [0.3, 0.4) is 0 Å². The van der Waals surface area contributed by atoms with Crippen molar-refractivity contribution in [3.05, 3.63) is 50.8 Å². The monoisotopic (exact) mass is 302 g/mol. The molecular formula is C15H16N3O2S+. The smallest absolute Gasteiger partial charge is 0.260 e. The lowest BCUT2D eigenvalue weighted by atomic mass is 10.2. The van der Waals surface area contributed by atoms with E-state index in [0.717, 1.165) is 47.6 Å². The summed E-state index contributed by atoms with van der Waals surface area (Å²) in [4.78, 5) is 22.1. The zero-order valence-electron chi connectivity index (χ0n) is 11.5. The second-order valence-corrected chi connectivity index (χ2v) is 6.41. The van der Waals surface area contributed by atoms with E-state index in [9.17, 15) is 4.79 Å². The molecule has 1 aliphatic carbocycles. The molecule has 0 aromatic carbocycles. The minimum absolute atomic E-state index is 0.0146. The molecule has 6 heteroatoms. The molecule has 1 aliphatic rings. The summed E-state index contributed by atoms with van der Waals surface area (Å²) in [5.74, 6) is 1.66. The fraction of sp³-hybridized carbons (Fsp3) is 0.333. The number of aryl methyl sites for hydroxylation is 2. The second-order valence-electron chi connectivity index (χ2n) is 5.33. The van der Waals surface area contributed by atoms with E-state index in [1.807, 2.05) is 12.1 Å². The Balaban J connectivity index is 1.57. The van der Waals surface area contributed by atoms with E-state index < -0.39 is 0 Å². The Morgan fingerprint density at radius 3 is 3.19 bits per heavy atom. The van der Waals surface area contributed by atoms with Gasteiger partial charge in [0.15, 0.2) is 11.6 Å². The van der Waals surface area contributed by atoms with Crippen LogP contribution in [0.2, 0.25) is 0 Å². The third-order valence-corrected chi connectivity index (χ3v) is 5.07. The summed E-state index contributed by atoms with van der Waals surface area (Å²) in [7, 11) is 0. The van der Waals surface area contributed by atoms with E-state index >= 15 is 0 Å². The fourth-order valence-electron chi connectivity index (χ4n) is 2.92. The zero-order chi connectivity index (χ0) is 14.2. The summed E-state index contributed by atoms with van der Waals surface area (Å²) in [6, 6.07) is 3.82. The van der Waals surface area contributed by atoms with Crippen molar-refractivity contribution in [3.8, 4) is 0 Å². The van der Waals surface area contributed by atoms with E-state index in [1.54, 1.807) is 17.6 Å². The Kier molecular flexibility index (Phi) is 3.12. The molecule has 3 N–H and O–H groups in total. The van der Waals surface area contributed by atoms with Gasteiger partial charge in [-0.2, -0.15) is 0 Å². The predicted molar refractivity (Wildman–Crippen MR) is 80.3 cm³/mol. The number of hydrogen-bond acceptors (Lipinski definition) is 4. The number of rotatable bonds is 4. The Morgan fingerprint density at radius 2 is 2.33 bits per heavy atom. The number of aromatic nitrogens is 2. The van der Waals surface area contributed by atoms with Crippen molar-refractivity contribution in [1.82, 2.24) is 9.97 Å². The molecule has 3 aromatic heterocycles. The molecule has 0 fully saturated rings. The quantitative estimate of drug-likeness (QED) is 0.763.